The Balaban J connectivity index is 1.71. The zero-order chi connectivity index (χ0) is 19.8. The lowest BCUT2D eigenvalue weighted by molar-refractivity contribution is -0.122. The predicted octanol–water partition coefficient (Wildman–Crippen LogP) is 5.01. The van der Waals surface area contributed by atoms with Crippen molar-refractivity contribution >= 4 is 34.9 Å². The number of carbonyl (C=O) groups is 2. The standard InChI is InChI=1S/C22H19Cl2NO3/c1-28-14-7-5-12(6-8-14)13-9-18-21(19(26)10-13)16(11-20(27)25-18)15-3-2-4-17(23)22(15)24/h2-8,13,16H,9-11H2,1H3,(H,25,27)/t13-,16+/m1/s1. The van der Waals surface area contributed by atoms with Crippen molar-refractivity contribution in [3.63, 3.8) is 0 Å². The number of ketones is 1. The largest absolute Gasteiger partial charge is 0.497 e. The summed E-state index contributed by atoms with van der Waals surface area (Å²) in [4.78, 5) is 25.5. The molecule has 2 atom stereocenters. The molecule has 1 aliphatic carbocycles. The SMILES string of the molecule is COc1ccc([C@H]2CC(=O)C3=C(C2)NC(=O)C[C@H]3c2cccc(Cl)c2Cl)cc1. The summed E-state index contributed by atoms with van der Waals surface area (Å²) in [5.74, 6) is 0.365. The third-order valence-corrected chi connectivity index (χ3v) is 6.31. The molecule has 4 rings (SSSR count). The van der Waals surface area contributed by atoms with E-state index in [0.717, 1.165) is 16.9 Å². The molecule has 144 valence electrons. The van der Waals surface area contributed by atoms with Gasteiger partial charge in [0, 0.05) is 30.0 Å². The Hall–Kier alpha value is -2.30. The number of methoxy groups -OCH3 is 1. The second kappa shape index (κ2) is 7.61. The Morgan fingerprint density at radius 1 is 1.00 bits per heavy atom. The van der Waals surface area contributed by atoms with Crippen LogP contribution >= 0.6 is 23.2 Å². The highest BCUT2D eigenvalue weighted by molar-refractivity contribution is 6.42. The molecular weight excluding hydrogens is 397 g/mol. The number of hydrogen-bond donors (Lipinski definition) is 1. The van der Waals surface area contributed by atoms with Crippen molar-refractivity contribution in [2.75, 3.05) is 7.11 Å². The van der Waals surface area contributed by atoms with Crippen molar-refractivity contribution in [3.05, 3.63) is 74.9 Å². The average molecular weight is 416 g/mol. The first kappa shape index (κ1) is 19.0. The van der Waals surface area contributed by atoms with Crippen LogP contribution in [0, 0.1) is 0 Å². The summed E-state index contributed by atoms with van der Waals surface area (Å²) in [6.07, 6.45) is 1.20. The van der Waals surface area contributed by atoms with Crippen LogP contribution in [0.1, 0.15) is 42.2 Å². The van der Waals surface area contributed by atoms with E-state index in [0.29, 0.717) is 34.2 Å². The van der Waals surface area contributed by atoms with Crippen LogP contribution in [-0.4, -0.2) is 18.8 Å². The number of benzene rings is 2. The lowest BCUT2D eigenvalue weighted by atomic mass is 9.73. The summed E-state index contributed by atoms with van der Waals surface area (Å²) >= 11 is 12.6. The van der Waals surface area contributed by atoms with E-state index in [4.69, 9.17) is 27.9 Å². The first-order chi connectivity index (χ1) is 13.5. The van der Waals surface area contributed by atoms with E-state index in [9.17, 15) is 9.59 Å². The normalized spacial score (nSPS) is 22.0. The number of halogens is 2. The molecule has 0 saturated heterocycles. The van der Waals surface area contributed by atoms with Crippen LogP contribution in [-0.2, 0) is 9.59 Å². The van der Waals surface area contributed by atoms with Crippen LogP contribution in [0.2, 0.25) is 10.0 Å². The summed E-state index contributed by atoms with van der Waals surface area (Å²) in [6.45, 7) is 0. The fraction of sp³-hybridized carbons (Fsp3) is 0.273. The molecule has 4 nitrogen and oxygen atoms in total. The van der Waals surface area contributed by atoms with Crippen LogP contribution in [0.25, 0.3) is 0 Å². The van der Waals surface area contributed by atoms with E-state index in [2.05, 4.69) is 5.32 Å². The van der Waals surface area contributed by atoms with Gasteiger partial charge in [0.1, 0.15) is 5.75 Å². The quantitative estimate of drug-likeness (QED) is 0.766. The molecule has 1 N–H and O–H groups in total. The second-order valence-corrected chi connectivity index (χ2v) is 7.93. The second-order valence-electron chi connectivity index (χ2n) is 7.14. The molecule has 0 fully saturated rings. The Bertz CT molecular complexity index is 982. The van der Waals surface area contributed by atoms with Gasteiger partial charge in [-0.15, -0.1) is 0 Å². The third-order valence-electron chi connectivity index (χ3n) is 5.48. The third kappa shape index (κ3) is 3.43. The molecule has 0 radical (unpaired) electrons. The van der Waals surface area contributed by atoms with Gasteiger partial charge in [-0.1, -0.05) is 47.5 Å². The molecule has 1 heterocycles. The van der Waals surface area contributed by atoms with Gasteiger partial charge >= 0.3 is 0 Å². The highest BCUT2D eigenvalue weighted by Crippen LogP contribution is 2.45. The van der Waals surface area contributed by atoms with E-state index in [1.54, 1.807) is 19.2 Å². The van der Waals surface area contributed by atoms with Crippen LogP contribution in [0.4, 0.5) is 0 Å². The summed E-state index contributed by atoms with van der Waals surface area (Å²) in [5, 5.41) is 3.75. The van der Waals surface area contributed by atoms with Gasteiger partial charge < -0.3 is 10.1 Å². The average Bonchev–Trinajstić information content (AvgIpc) is 2.69. The molecule has 2 aromatic carbocycles. The maximum atomic E-state index is 13.1. The van der Waals surface area contributed by atoms with E-state index < -0.39 is 0 Å². The molecule has 0 bridgehead atoms. The van der Waals surface area contributed by atoms with Gasteiger partial charge in [0.2, 0.25) is 5.91 Å². The highest BCUT2D eigenvalue weighted by Gasteiger charge is 2.39. The Morgan fingerprint density at radius 3 is 2.46 bits per heavy atom. The molecule has 0 spiro atoms. The molecule has 28 heavy (non-hydrogen) atoms. The van der Waals surface area contributed by atoms with Gasteiger partial charge in [0.25, 0.3) is 0 Å². The summed E-state index contributed by atoms with van der Waals surface area (Å²) in [7, 11) is 1.62. The maximum Gasteiger partial charge on any atom is 0.225 e. The number of amides is 1. The number of allylic oxidation sites excluding steroid dienone is 2. The fourth-order valence-corrected chi connectivity index (χ4v) is 4.57. The van der Waals surface area contributed by atoms with Crippen molar-refractivity contribution in [2.24, 2.45) is 0 Å². The summed E-state index contributed by atoms with van der Waals surface area (Å²) < 4.78 is 5.20. The van der Waals surface area contributed by atoms with Gasteiger partial charge in [-0.3, -0.25) is 9.59 Å². The minimum Gasteiger partial charge on any atom is -0.497 e. The van der Waals surface area contributed by atoms with E-state index in [1.807, 2.05) is 30.3 Å². The van der Waals surface area contributed by atoms with Crippen molar-refractivity contribution in [1.82, 2.24) is 5.32 Å². The maximum absolute atomic E-state index is 13.1. The monoisotopic (exact) mass is 415 g/mol. The van der Waals surface area contributed by atoms with Gasteiger partial charge in [-0.05, 0) is 41.7 Å². The summed E-state index contributed by atoms with van der Waals surface area (Å²) in [6, 6.07) is 13.1. The summed E-state index contributed by atoms with van der Waals surface area (Å²) in [5.41, 5.74) is 3.15. The molecule has 0 unspecified atom stereocenters. The number of nitrogens with one attached hydrogen (secondary N) is 1. The van der Waals surface area contributed by atoms with Gasteiger partial charge in [-0.2, -0.15) is 0 Å². The van der Waals surface area contributed by atoms with Gasteiger partial charge in [-0.25, -0.2) is 0 Å². The first-order valence-electron chi connectivity index (χ1n) is 9.12. The fourth-order valence-electron chi connectivity index (χ4n) is 4.13. The van der Waals surface area contributed by atoms with E-state index in [1.165, 1.54) is 0 Å². The van der Waals surface area contributed by atoms with Crippen molar-refractivity contribution in [2.45, 2.75) is 31.1 Å². The van der Waals surface area contributed by atoms with E-state index in [-0.39, 0.29) is 29.9 Å². The van der Waals surface area contributed by atoms with Crippen molar-refractivity contribution < 1.29 is 14.3 Å². The zero-order valence-corrected chi connectivity index (χ0v) is 16.8. The lowest BCUT2D eigenvalue weighted by Crippen LogP contribution is -2.38. The van der Waals surface area contributed by atoms with Crippen LogP contribution in [0.15, 0.2) is 53.7 Å². The predicted molar refractivity (Wildman–Crippen MR) is 109 cm³/mol. The van der Waals surface area contributed by atoms with Crippen LogP contribution < -0.4 is 10.1 Å². The molecule has 2 aliphatic rings. The smallest absolute Gasteiger partial charge is 0.225 e. The molecular formula is C22H19Cl2NO3. The zero-order valence-electron chi connectivity index (χ0n) is 15.3. The lowest BCUT2D eigenvalue weighted by Gasteiger charge is -2.34. The topological polar surface area (TPSA) is 55.4 Å². The minimum absolute atomic E-state index is 0.0195. The number of ether oxygens (including phenoxy) is 1. The van der Waals surface area contributed by atoms with Crippen molar-refractivity contribution in [1.29, 1.82) is 0 Å². The van der Waals surface area contributed by atoms with Gasteiger partial charge in [0.05, 0.1) is 17.2 Å². The van der Waals surface area contributed by atoms with Gasteiger partial charge in [0.15, 0.2) is 5.78 Å². The number of Topliss-reactive ketones (excluding diaryl/α,β-unsaturated/α-hetero) is 1. The Labute approximate surface area is 173 Å². The van der Waals surface area contributed by atoms with Crippen LogP contribution in [0.5, 0.6) is 5.75 Å². The van der Waals surface area contributed by atoms with E-state index >= 15 is 0 Å². The Morgan fingerprint density at radius 2 is 1.75 bits per heavy atom. The number of carbonyl (C=O) groups excluding carboxylic acids is 2. The Kier molecular flexibility index (Phi) is 5.17. The molecule has 1 aliphatic heterocycles. The number of hydrogen-bond acceptors (Lipinski definition) is 3. The highest BCUT2D eigenvalue weighted by atomic mass is 35.5. The first-order valence-corrected chi connectivity index (χ1v) is 9.87. The van der Waals surface area contributed by atoms with Crippen LogP contribution in [0.3, 0.4) is 0 Å². The molecule has 6 heteroatoms. The molecule has 2 aromatic rings. The van der Waals surface area contributed by atoms with Crippen molar-refractivity contribution in [3.8, 4) is 5.75 Å². The molecule has 1 amide bonds. The molecule has 0 aromatic heterocycles. The molecule has 0 saturated carbocycles. The minimum atomic E-state index is -0.362. The number of rotatable bonds is 3.